The highest BCUT2D eigenvalue weighted by atomic mass is 16.5. The monoisotopic (exact) mass is 393 g/mol. The molecule has 1 heterocycles. The van der Waals surface area contributed by atoms with Crippen LogP contribution < -0.4 is 10.1 Å². The summed E-state index contributed by atoms with van der Waals surface area (Å²) in [5.74, 6) is 2.05. The van der Waals surface area contributed by atoms with Gasteiger partial charge in [0.1, 0.15) is 11.6 Å². The van der Waals surface area contributed by atoms with Gasteiger partial charge in [0.15, 0.2) is 0 Å². The molecule has 5 heteroatoms. The Labute approximate surface area is 173 Å². The fourth-order valence-electron chi connectivity index (χ4n) is 3.59. The summed E-state index contributed by atoms with van der Waals surface area (Å²) >= 11 is 0. The molecule has 0 saturated carbocycles. The second-order valence-corrected chi connectivity index (χ2v) is 7.35. The molecule has 3 rings (SSSR count). The lowest BCUT2D eigenvalue weighted by molar-refractivity contribution is -0.120. The number of nitrogens with zero attached hydrogens (tertiary/aromatic N) is 2. The van der Waals surface area contributed by atoms with Gasteiger partial charge in [0.05, 0.1) is 24.6 Å². The molecule has 0 radical (unpaired) electrons. The Morgan fingerprint density at radius 1 is 1.07 bits per heavy atom. The Hall–Kier alpha value is -2.82. The minimum Gasteiger partial charge on any atom is -0.497 e. The highest BCUT2D eigenvalue weighted by Gasteiger charge is 2.09. The maximum absolute atomic E-state index is 12.1. The van der Waals surface area contributed by atoms with Crippen LogP contribution in [-0.2, 0) is 24.2 Å². The summed E-state index contributed by atoms with van der Waals surface area (Å²) in [5, 5.41) is 3.02. The maximum atomic E-state index is 12.1. The standard InChI is InChI=1S/C24H31N3O2/c1-3-17-27-22-10-7-6-9-21(22)26-23(27)11-5-4-8-16-25-24(28)18-19-12-14-20(29-2)15-13-19/h6-7,9-10,12-15H,3-5,8,11,16-18H2,1-2H3,(H,25,28). The number of fused-ring (bicyclic) bond motifs is 1. The van der Waals surface area contributed by atoms with Crippen molar-refractivity contribution in [3.63, 3.8) is 0 Å². The van der Waals surface area contributed by atoms with Crippen LogP contribution in [0, 0.1) is 0 Å². The van der Waals surface area contributed by atoms with E-state index in [-0.39, 0.29) is 5.91 Å². The van der Waals surface area contributed by atoms with Crippen molar-refractivity contribution in [2.45, 2.75) is 52.0 Å². The van der Waals surface area contributed by atoms with Crippen molar-refractivity contribution < 1.29 is 9.53 Å². The molecule has 0 fully saturated rings. The number of aromatic nitrogens is 2. The summed E-state index contributed by atoms with van der Waals surface area (Å²) in [6.45, 7) is 3.94. The van der Waals surface area contributed by atoms with E-state index in [0.717, 1.165) is 62.0 Å². The summed E-state index contributed by atoms with van der Waals surface area (Å²) in [4.78, 5) is 16.9. The normalized spacial score (nSPS) is 11.0. The van der Waals surface area contributed by atoms with Gasteiger partial charge >= 0.3 is 0 Å². The van der Waals surface area contributed by atoms with Crippen LogP contribution in [0.2, 0.25) is 0 Å². The summed E-state index contributed by atoms with van der Waals surface area (Å²) in [7, 11) is 1.64. The molecular formula is C24H31N3O2. The number of methoxy groups -OCH3 is 1. The van der Waals surface area contributed by atoms with E-state index in [1.807, 2.05) is 30.3 Å². The topological polar surface area (TPSA) is 56.2 Å². The lowest BCUT2D eigenvalue weighted by Crippen LogP contribution is -2.26. The molecule has 0 spiro atoms. The third-order valence-electron chi connectivity index (χ3n) is 5.10. The number of rotatable bonds is 11. The van der Waals surface area contributed by atoms with E-state index in [4.69, 9.17) is 9.72 Å². The van der Waals surface area contributed by atoms with Gasteiger partial charge in [0.2, 0.25) is 5.91 Å². The maximum Gasteiger partial charge on any atom is 0.224 e. The molecule has 5 nitrogen and oxygen atoms in total. The minimum absolute atomic E-state index is 0.0694. The average Bonchev–Trinajstić information content (AvgIpc) is 3.09. The summed E-state index contributed by atoms with van der Waals surface area (Å²) in [6, 6.07) is 16.0. The predicted octanol–water partition coefficient (Wildman–Crippen LogP) is 4.53. The van der Waals surface area contributed by atoms with E-state index in [0.29, 0.717) is 6.42 Å². The van der Waals surface area contributed by atoms with Crippen LogP contribution in [0.1, 0.15) is 44.0 Å². The van der Waals surface area contributed by atoms with E-state index in [9.17, 15) is 4.79 Å². The molecule has 0 saturated heterocycles. The molecule has 0 unspecified atom stereocenters. The van der Waals surface area contributed by atoms with Gasteiger partial charge in [-0.05, 0) is 49.1 Å². The number of carbonyl (C=O) groups is 1. The number of imidazole rings is 1. The number of para-hydroxylation sites is 2. The zero-order valence-corrected chi connectivity index (χ0v) is 17.5. The van der Waals surface area contributed by atoms with Crippen LogP contribution in [0.5, 0.6) is 5.75 Å². The van der Waals surface area contributed by atoms with Crippen LogP contribution in [0.25, 0.3) is 11.0 Å². The second-order valence-electron chi connectivity index (χ2n) is 7.35. The van der Waals surface area contributed by atoms with Gasteiger partial charge in [-0.2, -0.15) is 0 Å². The first-order valence-corrected chi connectivity index (χ1v) is 10.5. The molecule has 0 aliphatic heterocycles. The van der Waals surface area contributed by atoms with Gasteiger partial charge < -0.3 is 14.6 Å². The van der Waals surface area contributed by atoms with Crippen LogP contribution >= 0.6 is 0 Å². The molecule has 1 aromatic heterocycles. The van der Waals surface area contributed by atoms with Crippen molar-refractivity contribution in [3.05, 3.63) is 59.9 Å². The number of nitrogens with one attached hydrogen (secondary N) is 1. The first-order valence-electron chi connectivity index (χ1n) is 10.5. The van der Waals surface area contributed by atoms with E-state index < -0.39 is 0 Å². The van der Waals surface area contributed by atoms with E-state index in [2.05, 4.69) is 35.0 Å². The minimum atomic E-state index is 0.0694. The summed E-state index contributed by atoms with van der Waals surface area (Å²) in [6.07, 6.45) is 5.65. The molecule has 0 atom stereocenters. The van der Waals surface area contributed by atoms with Crippen molar-refractivity contribution in [1.29, 1.82) is 0 Å². The molecule has 2 aromatic carbocycles. The van der Waals surface area contributed by atoms with Crippen molar-refractivity contribution >= 4 is 16.9 Å². The zero-order chi connectivity index (χ0) is 20.5. The van der Waals surface area contributed by atoms with Crippen LogP contribution in [0.15, 0.2) is 48.5 Å². The SMILES string of the molecule is CCCn1c(CCCCCNC(=O)Cc2ccc(OC)cc2)nc2ccccc21. The first kappa shape index (κ1) is 20.9. The van der Waals surface area contributed by atoms with Crippen molar-refractivity contribution in [1.82, 2.24) is 14.9 Å². The highest BCUT2D eigenvalue weighted by Crippen LogP contribution is 2.18. The molecule has 3 aromatic rings. The first-order chi connectivity index (χ1) is 14.2. The van der Waals surface area contributed by atoms with Crippen LogP contribution in [-0.4, -0.2) is 29.1 Å². The Morgan fingerprint density at radius 2 is 1.86 bits per heavy atom. The Kier molecular flexibility index (Phi) is 7.68. The molecule has 29 heavy (non-hydrogen) atoms. The van der Waals surface area contributed by atoms with Crippen molar-refractivity contribution in [2.75, 3.05) is 13.7 Å². The summed E-state index contributed by atoms with van der Waals surface area (Å²) in [5.41, 5.74) is 3.31. The second kappa shape index (κ2) is 10.6. The molecule has 0 bridgehead atoms. The lowest BCUT2D eigenvalue weighted by atomic mass is 10.1. The Balaban J connectivity index is 1.38. The molecular weight excluding hydrogens is 362 g/mol. The Bertz CT molecular complexity index is 916. The van der Waals surface area contributed by atoms with Gasteiger partial charge in [-0.25, -0.2) is 4.98 Å². The molecule has 1 N–H and O–H groups in total. The molecule has 0 aliphatic rings. The quantitative estimate of drug-likeness (QED) is 0.487. The fraction of sp³-hybridized carbons (Fsp3) is 0.417. The smallest absolute Gasteiger partial charge is 0.224 e. The van der Waals surface area contributed by atoms with Crippen LogP contribution in [0.3, 0.4) is 0 Å². The number of aryl methyl sites for hydroxylation is 2. The third-order valence-corrected chi connectivity index (χ3v) is 5.10. The number of unbranched alkanes of at least 4 members (excludes halogenated alkanes) is 2. The van der Waals surface area contributed by atoms with E-state index >= 15 is 0 Å². The molecule has 0 aliphatic carbocycles. The number of carbonyl (C=O) groups excluding carboxylic acids is 1. The third kappa shape index (κ3) is 5.83. The van der Waals surface area contributed by atoms with Gasteiger partial charge in [-0.1, -0.05) is 37.6 Å². The Morgan fingerprint density at radius 3 is 2.62 bits per heavy atom. The van der Waals surface area contributed by atoms with Crippen LogP contribution in [0.4, 0.5) is 0 Å². The number of hydrogen-bond acceptors (Lipinski definition) is 3. The fourth-order valence-corrected chi connectivity index (χ4v) is 3.59. The molecule has 154 valence electrons. The lowest BCUT2D eigenvalue weighted by Gasteiger charge is -2.08. The molecule has 1 amide bonds. The van der Waals surface area contributed by atoms with Gasteiger partial charge in [0.25, 0.3) is 0 Å². The van der Waals surface area contributed by atoms with Crippen molar-refractivity contribution in [2.24, 2.45) is 0 Å². The van der Waals surface area contributed by atoms with Gasteiger partial charge in [0, 0.05) is 19.5 Å². The number of hydrogen-bond donors (Lipinski definition) is 1. The van der Waals surface area contributed by atoms with Gasteiger partial charge in [-0.3, -0.25) is 4.79 Å². The number of ether oxygens (including phenoxy) is 1. The predicted molar refractivity (Wildman–Crippen MR) is 117 cm³/mol. The number of benzene rings is 2. The van der Waals surface area contributed by atoms with Crippen molar-refractivity contribution in [3.8, 4) is 5.75 Å². The van der Waals surface area contributed by atoms with E-state index in [1.165, 1.54) is 11.3 Å². The number of amides is 1. The zero-order valence-electron chi connectivity index (χ0n) is 17.5. The van der Waals surface area contributed by atoms with Gasteiger partial charge in [-0.15, -0.1) is 0 Å². The average molecular weight is 394 g/mol. The summed E-state index contributed by atoms with van der Waals surface area (Å²) < 4.78 is 7.49. The largest absolute Gasteiger partial charge is 0.497 e. The van der Waals surface area contributed by atoms with E-state index in [1.54, 1.807) is 7.11 Å². The highest BCUT2D eigenvalue weighted by molar-refractivity contribution is 5.78.